The number of hydrogen-bond donors (Lipinski definition) is 2. The number of aliphatic hydroxyl groups is 1. The predicted molar refractivity (Wildman–Crippen MR) is 152 cm³/mol. The molecule has 218 valence electrons. The summed E-state index contributed by atoms with van der Waals surface area (Å²) in [5.41, 5.74) is 1.29. The molecular formula is C28H26ClF2N7O4. The van der Waals surface area contributed by atoms with Gasteiger partial charge in [0.1, 0.15) is 17.5 Å². The van der Waals surface area contributed by atoms with Gasteiger partial charge in [0, 0.05) is 39.5 Å². The monoisotopic (exact) mass is 597 g/mol. The second-order valence-electron chi connectivity index (χ2n) is 9.35. The third-order valence-corrected chi connectivity index (χ3v) is 6.90. The first kappa shape index (κ1) is 28.9. The van der Waals surface area contributed by atoms with Crippen LogP contribution >= 0.6 is 11.6 Å². The molecule has 1 amide bonds. The van der Waals surface area contributed by atoms with Crippen molar-refractivity contribution in [3.63, 3.8) is 0 Å². The van der Waals surface area contributed by atoms with E-state index in [4.69, 9.17) is 21.4 Å². The van der Waals surface area contributed by atoms with Gasteiger partial charge in [-0.05, 0) is 42.8 Å². The molecule has 2 N–H and O–H groups in total. The number of alkyl halides is 2. The van der Waals surface area contributed by atoms with Crippen LogP contribution < -0.4 is 15.6 Å². The van der Waals surface area contributed by atoms with E-state index >= 15 is 0 Å². The number of anilines is 1. The molecule has 0 radical (unpaired) electrons. The molecule has 5 aromatic rings. The number of hydrogen-bond acceptors (Lipinski definition) is 7. The van der Waals surface area contributed by atoms with Gasteiger partial charge in [0.2, 0.25) is 5.91 Å². The quantitative estimate of drug-likeness (QED) is 0.240. The Morgan fingerprint density at radius 2 is 1.93 bits per heavy atom. The van der Waals surface area contributed by atoms with Crippen molar-refractivity contribution >= 4 is 34.1 Å². The van der Waals surface area contributed by atoms with Crippen LogP contribution in [0.3, 0.4) is 0 Å². The van der Waals surface area contributed by atoms with Gasteiger partial charge in [-0.25, -0.2) is 13.5 Å². The van der Waals surface area contributed by atoms with Crippen molar-refractivity contribution in [2.45, 2.75) is 32.4 Å². The normalized spacial score (nSPS) is 12.2. The Morgan fingerprint density at radius 3 is 2.62 bits per heavy atom. The van der Waals surface area contributed by atoms with E-state index < -0.39 is 29.6 Å². The number of fused-ring (bicyclic) bond motifs is 1. The maximum Gasteiger partial charge on any atom is 0.283 e. The summed E-state index contributed by atoms with van der Waals surface area (Å²) < 4.78 is 36.0. The van der Waals surface area contributed by atoms with Crippen LogP contribution in [0.15, 0.2) is 65.8 Å². The number of amides is 1. The molecule has 0 saturated heterocycles. The van der Waals surface area contributed by atoms with Crippen LogP contribution in [-0.2, 0) is 11.3 Å². The lowest BCUT2D eigenvalue weighted by Crippen LogP contribution is -2.32. The zero-order chi connectivity index (χ0) is 30.0. The number of pyridine rings is 1. The van der Waals surface area contributed by atoms with Crippen molar-refractivity contribution in [3.05, 3.63) is 82.1 Å². The lowest BCUT2D eigenvalue weighted by atomic mass is 10.0. The number of carbonyl (C=O) groups excluding carboxylic acids is 1. The summed E-state index contributed by atoms with van der Waals surface area (Å²) >= 11 is 6.26. The van der Waals surface area contributed by atoms with Crippen LogP contribution in [0, 0.1) is 0 Å². The van der Waals surface area contributed by atoms with Gasteiger partial charge < -0.3 is 15.2 Å². The van der Waals surface area contributed by atoms with Gasteiger partial charge in [-0.1, -0.05) is 23.7 Å². The van der Waals surface area contributed by atoms with Crippen molar-refractivity contribution in [3.8, 4) is 22.6 Å². The van der Waals surface area contributed by atoms with Crippen molar-refractivity contribution in [1.82, 2.24) is 29.3 Å². The highest BCUT2D eigenvalue weighted by Crippen LogP contribution is 2.36. The van der Waals surface area contributed by atoms with E-state index in [0.717, 1.165) is 11.6 Å². The summed E-state index contributed by atoms with van der Waals surface area (Å²) in [6, 6.07) is 10.3. The lowest BCUT2D eigenvalue weighted by Gasteiger charge is -2.20. The molecule has 0 aliphatic heterocycles. The number of carbonyl (C=O) groups is 1. The molecule has 1 unspecified atom stereocenters. The Labute approximate surface area is 242 Å². The highest BCUT2D eigenvalue weighted by atomic mass is 35.5. The molecule has 42 heavy (non-hydrogen) atoms. The minimum absolute atomic E-state index is 0.0501. The van der Waals surface area contributed by atoms with E-state index in [1.165, 1.54) is 28.6 Å². The Bertz CT molecular complexity index is 1820. The van der Waals surface area contributed by atoms with Gasteiger partial charge >= 0.3 is 0 Å². The average molecular weight is 598 g/mol. The van der Waals surface area contributed by atoms with Crippen LogP contribution in [0.2, 0.25) is 5.02 Å². The Hall–Kier alpha value is -4.62. The van der Waals surface area contributed by atoms with E-state index in [1.54, 1.807) is 54.2 Å². The molecule has 0 saturated carbocycles. The van der Waals surface area contributed by atoms with Gasteiger partial charge in [0.15, 0.2) is 0 Å². The number of nitrogens with one attached hydrogen (secondary N) is 1. The smallest absolute Gasteiger partial charge is 0.283 e. The maximum atomic E-state index is 13.4. The number of methoxy groups -OCH3 is 1. The summed E-state index contributed by atoms with van der Waals surface area (Å²) in [6.07, 6.45) is 1.78. The molecule has 5 rings (SSSR count). The summed E-state index contributed by atoms with van der Waals surface area (Å²) in [6.45, 7) is 2.08. The van der Waals surface area contributed by atoms with Crippen molar-refractivity contribution < 1.29 is 23.4 Å². The molecular weight excluding hydrogens is 572 g/mol. The van der Waals surface area contributed by atoms with Gasteiger partial charge in [0.25, 0.3) is 12.0 Å². The first-order valence-electron chi connectivity index (χ1n) is 12.9. The topological polar surface area (TPSA) is 129 Å². The molecule has 3 aromatic heterocycles. The van der Waals surface area contributed by atoms with Gasteiger partial charge in [-0.15, -0.1) is 5.10 Å². The number of nitrogens with zero attached hydrogens (tertiary/aromatic N) is 6. The Balaban J connectivity index is 1.49. The van der Waals surface area contributed by atoms with Gasteiger partial charge in [-0.3, -0.25) is 18.8 Å². The Morgan fingerprint density at radius 1 is 1.12 bits per heavy atom. The first-order chi connectivity index (χ1) is 20.2. The first-order valence-corrected chi connectivity index (χ1v) is 13.3. The van der Waals surface area contributed by atoms with Crippen LogP contribution in [0.25, 0.3) is 27.7 Å². The fourth-order valence-electron chi connectivity index (χ4n) is 4.67. The minimum Gasteiger partial charge on any atom is -0.495 e. The molecule has 14 heteroatoms. The standard InChI is InChI=1S/C28H26ClF2N7O4/c1-3-23(28(41)32-18-5-6-21-16(10-18)13-36(34-21)8-9-39)37-15-25(42-2)20(12-26(37)40)19-11-17(29)4-7-24(19)38-14-22(27(30)31)33-35-38/h4-7,10-15,23,27,39H,3,8-9H2,1-2H3,(H,32,41). The molecule has 0 aliphatic rings. The molecule has 11 nitrogen and oxygen atoms in total. The molecule has 3 heterocycles. The second kappa shape index (κ2) is 12.1. The fourth-order valence-corrected chi connectivity index (χ4v) is 4.84. The van der Waals surface area contributed by atoms with E-state index in [0.29, 0.717) is 46.0 Å². The second-order valence-corrected chi connectivity index (χ2v) is 9.79. The third kappa shape index (κ3) is 5.74. The van der Waals surface area contributed by atoms with Crippen molar-refractivity contribution in [1.29, 1.82) is 0 Å². The SMILES string of the molecule is CCC(C(=O)Nc1ccc2nn(CCO)cc2c1)n1cc(OC)c(-c2cc(Cl)ccc2-n2cc(C(F)F)nn2)cc1=O. The number of aromatic nitrogens is 6. The van der Waals surface area contributed by atoms with E-state index in [2.05, 4.69) is 20.7 Å². The number of benzene rings is 2. The lowest BCUT2D eigenvalue weighted by molar-refractivity contribution is -0.119. The van der Waals surface area contributed by atoms with Crippen LogP contribution in [-0.4, -0.2) is 54.1 Å². The molecule has 2 aromatic carbocycles. The summed E-state index contributed by atoms with van der Waals surface area (Å²) in [5.74, 6) is -0.168. The highest BCUT2D eigenvalue weighted by Gasteiger charge is 2.24. The van der Waals surface area contributed by atoms with Gasteiger partial charge in [-0.2, -0.15) is 5.10 Å². The summed E-state index contributed by atoms with van der Waals surface area (Å²) in [5, 5.41) is 24.8. The molecule has 0 aliphatic carbocycles. The highest BCUT2D eigenvalue weighted by molar-refractivity contribution is 6.31. The van der Waals surface area contributed by atoms with Crippen LogP contribution in [0.1, 0.15) is 31.5 Å². The van der Waals surface area contributed by atoms with E-state index in [1.807, 2.05) is 0 Å². The zero-order valence-electron chi connectivity index (χ0n) is 22.5. The average Bonchev–Trinajstić information content (AvgIpc) is 3.61. The molecule has 0 bridgehead atoms. The van der Waals surface area contributed by atoms with E-state index in [9.17, 15) is 18.4 Å². The zero-order valence-corrected chi connectivity index (χ0v) is 23.3. The number of aliphatic hydroxyl groups excluding tert-OH is 1. The fraction of sp³-hybridized carbons (Fsp3) is 0.250. The van der Waals surface area contributed by atoms with Crippen LogP contribution in [0.4, 0.5) is 14.5 Å². The Kier molecular flexibility index (Phi) is 8.31. The molecule has 0 fully saturated rings. The predicted octanol–water partition coefficient (Wildman–Crippen LogP) is 4.63. The summed E-state index contributed by atoms with van der Waals surface area (Å²) in [7, 11) is 1.41. The van der Waals surface area contributed by atoms with Crippen LogP contribution in [0.5, 0.6) is 5.75 Å². The number of rotatable bonds is 10. The third-order valence-electron chi connectivity index (χ3n) is 6.67. The maximum absolute atomic E-state index is 13.4. The summed E-state index contributed by atoms with van der Waals surface area (Å²) in [4.78, 5) is 26.8. The number of ether oxygens (including phenoxy) is 1. The largest absolute Gasteiger partial charge is 0.495 e. The van der Waals surface area contributed by atoms with Crippen molar-refractivity contribution in [2.24, 2.45) is 0 Å². The molecule has 0 spiro atoms. The number of halogens is 3. The van der Waals surface area contributed by atoms with E-state index in [-0.39, 0.29) is 12.4 Å². The van der Waals surface area contributed by atoms with Crippen molar-refractivity contribution in [2.75, 3.05) is 19.0 Å². The minimum atomic E-state index is -2.81. The van der Waals surface area contributed by atoms with Gasteiger partial charge in [0.05, 0.1) is 43.9 Å². The molecule has 1 atom stereocenters.